The van der Waals surface area contributed by atoms with Gasteiger partial charge in [-0.25, -0.2) is 4.79 Å². The third-order valence-corrected chi connectivity index (χ3v) is 4.74. The second-order valence-electron chi connectivity index (χ2n) is 6.76. The van der Waals surface area contributed by atoms with Crippen LogP contribution in [0.1, 0.15) is 41.5 Å². The molecule has 2 aromatic rings. The van der Waals surface area contributed by atoms with Gasteiger partial charge in [-0.15, -0.1) is 0 Å². The standard InChI is InChI=1S/C22H23NO3/c1-14-8-10-17(11-9-14)13-26-22(25)21-16(3)23-20(24)12-19(21)18-7-5-4-6-15(18)2/h4-11,19H,12-13H2,1-3H3,(H,23,24). The number of ether oxygens (including phenoxy) is 1. The predicted molar refractivity (Wildman–Crippen MR) is 100 cm³/mol. The van der Waals surface area contributed by atoms with Crippen LogP contribution < -0.4 is 5.32 Å². The lowest BCUT2D eigenvalue weighted by Crippen LogP contribution is -2.34. The molecular weight excluding hydrogens is 326 g/mol. The Balaban J connectivity index is 1.85. The third-order valence-electron chi connectivity index (χ3n) is 4.74. The van der Waals surface area contributed by atoms with Crippen LogP contribution in [-0.4, -0.2) is 11.9 Å². The summed E-state index contributed by atoms with van der Waals surface area (Å²) in [7, 11) is 0. The molecule has 0 radical (unpaired) electrons. The third kappa shape index (κ3) is 3.85. The lowest BCUT2D eigenvalue weighted by molar-refractivity contribution is -0.141. The number of benzene rings is 2. The van der Waals surface area contributed by atoms with Crippen LogP contribution in [0.25, 0.3) is 0 Å². The number of aryl methyl sites for hydroxylation is 2. The second-order valence-corrected chi connectivity index (χ2v) is 6.76. The van der Waals surface area contributed by atoms with Gasteiger partial charge in [0.1, 0.15) is 6.61 Å². The number of hydrogen-bond donors (Lipinski definition) is 1. The Morgan fingerprint density at radius 2 is 1.77 bits per heavy atom. The van der Waals surface area contributed by atoms with Gasteiger partial charge in [0, 0.05) is 18.0 Å². The number of rotatable bonds is 4. The summed E-state index contributed by atoms with van der Waals surface area (Å²) in [5.74, 6) is -0.738. The summed E-state index contributed by atoms with van der Waals surface area (Å²) in [4.78, 5) is 24.9. The Hall–Kier alpha value is -2.88. The molecule has 1 N–H and O–H groups in total. The first-order chi connectivity index (χ1) is 12.5. The van der Waals surface area contributed by atoms with Crippen molar-refractivity contribution in [2.45, 2.75) is 39.7 Å². The molecule has 1 atom stereocenters. The van der Waals surface area contributed by atoms with Crippen molar-refractivity contribution in [1.29, 1.82) is 0 Å². The number of carbonyl (C=O) groups excluding carboxylic acids is 2. The maximum Gasteiger partial charge on any atom is 0.336 e. The molecule has 0 fully saturated rings. The number of hydrogen-bond acceptors (Lipinski definition) is 3. The maximum atomic E-state index is 12.8. The summed E-state index contributed by atoms with van der Waals surface area (Å²) in [6.07, 6.45) is 0.247. The van der Waals surface area contributed by atoms with E-state index in [2.05, 4.69) is 5.32 Å². The van der Waals surface area contributed by atoms with Gasteiger partial charge in [0.25, 0.3) is 0 Å². The zero-order chi connectivity index (χ0) is 18.7. The van der Waals surface area contributed by atoms with Gasteiger partial charge < -0.3 is 10.1 Å². The highest BCUT2D eigenvalue weighted by atomic mass is 16.5. The Bertz CT molecular complexity index is 865. The minimum atomic E-state index is -0.378. The van der Waals surface area contributed by atoms with Crippen LogP contribution in [0.5, 0.6) is 0 Å². The largest absolute Gasteiger partial charge is 0.457 e. The fourth-order valence-electron chi connectivity index (χ4n) is 3.33. The van der Waals surface area contributed by atoms with E-state index in [1.165, 1.54) is 0 Å². The minimum absolute atomic E-state index is 0.0779. The fraction of sp³-hybridized carbons (Fsp3) is 0.273. The van der Waals surface area contributed by atoms with Crippen molar-refractivity contribution in [2.75, 3.05) is 0 Å². The smallest absolute Gasteiger partial charge is 0.336 e. The lowest BCUT2D eigenvalue weighted by atomic mass is 9.82. The van der Waals surface area contributed by atoms with Crippen molar-refractivity contribution in [1.82, 2.24) is 5.32 Å². The topological polar surface area (TPSA) is 55.4 Å². The zero-order valence-corrected chi connectivity index (χ0v) is 15.3. The summed E-state index contributed by atoms with van der Waals surface area (Å²) in [5.41, 5.74) is 5.25. The Morgan fingerprint density at radius 3 is 2.46 bits per heavy atom. The monoisotopic (exact) mass is 349 g/mol. The number of carbonyl (C=O) groups is 2. The first-order valence-electron chi connectivity index (χ1n) is 8.74. The SMILES string of the molecule is CC1=C(C(=O)OCc2ccc(C)cc2)C(c2ccccc2C)CC(=O)N1. The molecule has 26 heavy (non-hydrogen) atoms. The maximum absolute atomic E-state index is 12.8. The van der Waals surface area contributed by atoms with Crippen molar-refractivity contribution in [3.8, 4) is 0 Å². The van der Waals surface area contributed by atoms with Crippen molar-refractivity contribution < 1.29 is 14.3 Å². The van der Waals surface area contributed by atoms with Crippen molar-refractivity contribution in [3.05, 3.63) is 82.1 Å². The van der Waals surface area contributed by atoms with Crippen LogP contribution in [-0.2, 0) is 20.9 Å². The van der Waals surface area contributed by atoms with E-state index in [1.54, 1.807) is 6.92 Å². The highest BCUT2D eigenvalue weighted by Gasteiger charge is 2.33. The number of nitrogens with one attached hydrogen (secondary N) is 1. The summed E-state index contributed by atoms with van der Waals surface area (Å²) in [6, 6.07) is 15.7. The van der Waals surface area contributed by atoms with E-state index in [4.69, 9.17) is 4.74 Å². The molecule has 4 nitrogen and oxygen atoms in total. The van der Waals surface area contributed by atoms with Gasteiger partial charge in [0.2, 0.25) is 5.91 Å². The molecule has 4 heteroatoms. The van der Waals surface area contributed by atoms with E-state index in [9.17, 15) is 9.59 Å². The molecule has 1 amide bonds. The molecule has 1 unspecified atom stereocenters. The molecule has 0 saturated carbocycles. The van der Waals surface area contributed by atoms with Gasteiger partial charge in [0.15, 0.2) is 0 Å². The molecule has 0 aliphatic carbocycles. The van der Waals surface area contributed by atoms with Crippen LogP contribution in [0, 0.1) is 13.8 Å². The first kappa shape index (κ1) is 17.9. The van der Waals surface area contributed by atoms with Gasteiger partial charge in [-0.1, -0.05) is 54.1 Å². The quantitative estimate of drug-likeness (QED) is 0.851. The van der Waals surface area contributed by atoms with Crippen molar-refractivity contribution in [2.24, 2.45) is 0 Å². The average molecular weight is 349 g/mol. The van der Waals surface area contributed by atoms with E-state index >= 15 is 0 Å². The van der Waals surface area contributed by atoms with Gasteiger partial charge in [-0.3, -0.25) is 4.79 Å². The van der Waals surface area contributed by atoms with Crippen LogP contribution in [0.2, 0.25) is 0 Å². The highest BCUT2D eigenvalue weighted by molar-refractivity contribution is 5.95. The van der Waals surface area contributed by atoms with Crippen LogP contribution in [0.15, 0.2) is 59.8 Å². The Morgan fingerprint density at radius 1 is 1.08 bits per heavy atom. The molecule has 1 aliphatic rings. The molecule has 134 valence electrons. The Labute approximate surface area is 153 Å². The van der Waals surface area contributed by atoms with Gasteiger partial charge in [-0.2, -0.15) is 0 Å². The van der Waals surface area contributed by atoms with Crippen LogP contribution in [0.4, 0.5) is 0 Å². The summed E-state index contributed by atoms with van der Waals surface area (Å²) in [6.45, 7) is 5.98. The van der Waals surface area contributed by atoms with E-state index < -0.39 is 0 Å². The lowest BCUT2D eigenvalue weighted by Gasteiger charge is -2.27. The molecule has 0 bridgehead atoms. The molecule has 0 aromatic heterocycles. The van der Waals surface area contributed by atoms with Gasteiger partial charge in [0.05, 0.1) is 5.57 Å². The van der Waals surface area contributed by atoms with Crippen LogP contribution in [0.3, 0.4) is 0 Å². The van der Waals surface area contributed by atoms with E-state index in [1.807, 2.05) is 62.4 Å². The second kappa shape index (κ2) is 7.56. The fourth-order valence-corrected chi connectivity index (χ4v) is 3.33. The molecular formula is C22H23NO3. The van der Waals surface area contributed by atoms with Crippen molar-refractivity contribution in [3.63, 3.8) is 0 Å². The predicted octanol–water partition coefficient (Wildman–Crippen LogP) is 3.92. The van der Waals surface area contributed by atoms with Crippen molar-refractivity contribution >= 4 is 11.9 Å². The average Bonchev–Trinajstić information content (AvgIpc) is 2.61. The highest BCUT2D eigenvalue weighted by Crippen LogP contribution is 2.35. The molecule has 0 spiro atoms. The van der Waals surface area contributed by atoms with Crippen LogP contribution >= 0.6 is 0 Å². The molecule has 0 saturated heterocycles. The van der Waals surface area contributed by atoms with Gasteiger partial charge in [-0.05, 0) is 37.5 Å². The van der Waals surface area contributed by atoms with E-state index in [0.717, 1.165) is 22.3 Å². The normalized spacial score (nSPS) is 17.0. The summed E-state index contributed by atoms with van der Waals surface area (Å²) >= 11 is 0. The first-order valence-corrected chi connectivity index (χ1v) is 8.74. The summed E-state index contributed by atoms with van der Waals surface area (Å²) in [5, 5.41) is 2.77. The molecule has 2 aromatic carbocycles. The zero-order valence-electron chi connectivity index (χ0n) is 15.3. The van der Waals surface area contributed by atoms with Gasteiger partial charge >= 0.3 is 5.97 Å². The number of amides is 1. The minimum Gasteiger partial charge on any atom is -0.457 e. The Kier molecular flexibility index (Phi) is 5.21. The molecule has 3 rings (SSSR count). The van der Waals surface area contributed by atoms with E-state index in [-0.39, 0.29) is 30.8 Å². The molecule has 1 aliphatic heterocycles. The van der Waals surface area contributed by atoms with E-state index in [0.29, 0.717) is 11.3 Å². The summed E-state index contributed by atoms with van der Waals surface area (Å²) < 4.78 is 5.56. The number of allylic oxidation sites excluding steroid dienone is 1. The molecule has 1 heterocycles. The number of esters is 1.